The van der Waals surface area contributed by atoms with Crippen LogP contribution < -0.4 is 14.8 Å². The molecule has 5 rings (SSSR count). The zero-order chi connectivity index (χ0) is 21.0. The first-order valence-corrected chi connectivity index (χ1v) is 10.8. The number of benzene rings is 2. The summed E-state index contributed by atoms with van der Waals surface area (Å²) in [5.41, 5.74) is 3.51. The molecule has 6 nitrogen and oxygen atoms in total. The maximum Gasteiger partial charge on any atom is 0.244 e. The molecule has 3 aromatic rings. The van der Waals surface area contributed by atoms with E-state index in [-0.39, 0.29) is 5.91 Å². The Hall–Kier alpha value is -3.54. The van der Waals surface area contributed by atoms with Crippen LogP contribution in [-0.4, -0.2) is 34.9 Å². The van der Waals surface area contributed by atoms with Crippen LogP contribution in [0.2, 0.25) is 0 Å². The van der Waals surface area contributed by atoms with Gasteiger partial charge in [0.25, 0.3) is 0 Å². The first-order chi connectivity index (χ1) is 15.3. The SMILES string of the molecule is O=C(C=Cc1cn(-c2ccccc2)nc1-c1ccc2c(c1)OCCO2)NC1CCCC1. The van der Waals surface area contributed by atoms with Gasteiger partial charge in [-0.25, -0.2) is 4.68 Å². The minimum absolute atomic E-state index is 0.0625. The van der Waals surface area contributed by atoms with Gasteiger partial charge in [0.1, 0.15) is 18.9 Å². The van der Waals surface area contributed by atoms with E-state index in [1.165, 1.54) is 12.8 Å². The van der Waals surface area contributed by atoms with Crippen LogP contribution in [0.3, 0.4) is 0 Å². The molecular formula is C25H25N3O3. The third kappa shape index (κ3) is 4.33. The number of rotatable bonds is 5. The maximum atomic E-state index is 12.4. The van der Waals surface area contributed by atoms with Crippen LogP contribution in [0, 0.1) is 0 Å². The molecule has 0 saturated heterocycles. The molecule has 1 N–H and O–H groups in total. The lowest BCUT2D eigenvalue weighted by Crippen LogP contribution is -2.30. The monoisotopic (exact) mass is 415 g/mol. The maximum absolute atomic E-state index is 12.4. The van der Waals surface area contributed by atoms with Crippen molar-refractivity contribution in [2.75, 3.05) is 13.2 Å². The summed E-state index contributed by atoms with van der Waals surface area (Å²) in [5, 5.41) is 7.92. The van der Waals surface area contributed by atoms with Crippen molar-refractivity contribution in [3.63, 3.8) is 0 Å². The molecule has 1 aliphatic carbocycles. The number of hydrogen-bond donors (Lipinski definition) is 1. The number of hydrogen-bond acceptors (Lipinski definition) is 4. The largest absolute Gasteiger partial charge is 0.486 e. The second-order valence-electron chi connectivity index (χ2n) is 7.89. The van der Waals surface area contributed by atoms with Gasteiger partial charge in [0.15, 0.2) is 11.5 Å². The number of amides is 1. The highest BCUT2D eigenvalue weighted by Crippen LogP contribution is 2.35. The van der Waals surface area contributed by atoms with Crippen molar-refractivity contribution < 1.29 is 14.3 Å². The Balaban J connectivity index is 1.47. The van der Waals surface area contributed by atoms with E-state index in [4.69, 9.17) is 14.6 Å². The second-order valence-corrected chi connectivity index (χ2v) is 7.89. The highest BCUT2D eigenvalue weighted by atomic mass is 16.6. The van der Waals surface area contributed by atoms with Gasteiger partial charge in [-0.05, 0) is 49.2 Å². The lowest BCUT2D eigenvalue weighted by molar-refractivity contribution is -0.117. The minimum atomic E-state index is -0.0625. The molecule has 31 heavy (non-hydrogen) atoms. The lowest BCUT2D eigenvalue weighted by Gasteiger charge is -2.18. The molecule has 0 unspecified atom stereocenters. The van der Waals surface area contributed by atoms with E-state index in [2.05, 4.69) is 5.32 Å². The summed E-state index contributed by atoms with van der Waals surface area (Å²) in [4.78, 5) is 12.4. The van der Waals surface area contributed by atoms with Crippen molar-refractivity contribution in [2.24, 2.45) is 0 Å². The van der Waals surface area contributed by atoms with Gasteiger partial charge in [-0.15, -0.1) is 0 Å². The summed E-state index contributed by atoms with van der Waals surface area (Å²) in [6.45, 7) is 1.09. The first kappa shape index (κ1) is 19.4. The molecule has 6 heteroatoms. The smallest absolute Gasteiger partial charge is 0.244 e. The fraction of sp³-hybridized carbons (Fsp3) is 0.280. The first-order valence-electron chi connectivity index (χ1n) is 10.8. The van der Waals surface area contributed by atoms with E-state index in [1.54, 1.807) is 6.08 Å². The Kier molecular flexibility index (Phi) is 5.44. The van der Waals surface area contributed by atoms with Crippen LogP contribution in [0.15, 0.2) is 60.8 Å². The van der Waals surface area contributed by atoms with Gasteiger partial charge in [-0.3, -0.25) is 4.79 Å². The van der Waals surface area contributed by atoms with Crippen molar-refractivity contribution in [3.05, 3.63) is 66.4 Å². The Morgan fingerprint density at radius 2 is 1.81 bits per heavy atom. The highest BCUT2D eigenvalue weighted by molar-refractivity contribution is 5.93. The average molecular weight is 415 g/mol. The van der Waals surface area contributed by atoms with Gasteiger partial charge in [-0.1, -0.05) is 31.0 Å². The summed E-state index contributed by atoms with van der Waals surface area (Å²) in [6.07, 6.45) is 9.89. The summed E-state index contributed by atoms with van der Waals surface area (Å²) in [6, 6.07) is 16.1. The van der Waals surface area contributed by atoms with E-state index in [1.807, 2.05) is 65.5 Å². The number of nitrogens with zero attached hydrogens (tertiary/aromatic N) is 2. The standard InChI is InChI=1S/C25H25N3O3/c29-24(26-20-6-4-5-7-20)13-11-19-17-28(21-8-2-1-3-9-21)27-25(19)18-10-12-22-23(16-18)31-15-14-30-22/h1-3,8-13,16-17,20H,4-7,14-15H2,(H,26,29). The molecule has 2 aliphatic rings. The van der Waals surface area contributed by atoms with E-state index in [0.29, 0.717) is 25.0 Å². The molecule has 0 bridgehead atoms. The Bertz CT molecular complexity index is 1100. The average Bonchev–Trinajstić information content (AvgIpc) is 3.48. The predicted molar refractivity (Wildman–Crippen MR) is 119 cm³/mol. The molecule has 158 valence electrons. The Labute approximate surface area is 181 Å². The van der Waals surface area contributed by atoms with Crippen LogP contribution in [0.25, 0.3) is 23.0 Å². The lowest BCUT2D eigenvalue weighted by atomic mass is 10.1. The number of aromatic nitrogens is 2. The van der Waals surface area contributed by atoms with E-state index >= 15 is 0 Å². The quantitative estimate of drug-likeness (QED) is 0.628. The molecule has 0 radical (unpaired) electrons. The number of nitrogens with one attached hydrogen (secondary N) is 1. The van der Waals surface area contributed by atoms with Crippen LogP contribution in [0.4, 0.5) is 0 Å². The topological polar surface area (TPSA) is 65.4 Å². The zero-order valence-electron chi connectivity index (χ0n) is 17.3. The van der Waals surface area contributed by atoms with Gasteiger partial charge in [-0.2, -0.15) is 5.10 Å². The van der Waals surface area contributed by atoms with Crippen LogP contribution in [0.5, 0.6) is 11.5 Å². The molecule has 0 spiro atoms. The van der Waals surface area contributed by atoms with Crippen molar-refractivity contribution in [3.8, 4) is 28.4 Å². The van der Waals surface area contributed by atoms with Gasteiger partial charge in [0.05, 0.1) is 5.69 Å². The summed E-state index contributed by atoms with van der Waals surface area (Å²) >= 11 is 0. The van der Waals surface area contributed by atoms with Crippen molar-refractivity contribution >= 4 is 12.0 Å². The molecule has 1 fully saturated rings. The second kappa shape index (κ2) is 8.68. The number of para-hydroxylation sites is 1. The highest BCUT2D eigenvalue weighted by Gasteiger charge is 2.18. The summed E-state index contributed by atoms with van der Waals surface area (Å²) in [7, 11) is 0. The van der Waals surface area contributed by atoms with E-state index in [0.717, 1.165) is 41.1 Å². The Morgan fingerprint density at radius 3 is 2.61 bits per heavy atom. The molecule has 1 amide bonds. The molecule has 0 atom stereocenters. The zero-order valence-corrected chi connectivity index (χ0v) is 17.3. The summed E-state index contributed by atoms with van der Waals surface area (Å²) in [5.74, 6) is 1.39. The third-order valence-electron chi connectivity index (χ3n) is 5.69. The number of carbonyl (C=O) groups is 1. The fourth-order valence-electron chi connectivity index (χ4n) is 4.12. The fourth-order valence-corrected chi connectivity index (χ4v) is 4.12. The Morgan fingerprint density at radius 1 is 1.03 bits per heavy atom. The summed E-state index contributed by atoms with van der Waals surface area (Å²) < 4.78 is 13.2. The molecular weight excluding hydrogens is 390 g/mol. The van der Waals surface area contributed by atoms with Crippen molar-refractivity contribution in [1.29, 1.82) is 0 Å². The molecule has 1 aromatic heterocycles. The molecule has 1 saturated carbocycles. The van der Waals surface area contributed by atoms with Crippen molar-refractivity contribution in [1.82, 2.24) is 15.1 Å². The normalized spacial score (nSPS) is 16.0. The predicted octanol–water partition coefficient (Wildman–Crippen LogP) is 4.38. The van der Waals surface area contributed by atoms with Crippen LogP contribution in [-0.2, 0) is 4.79 Å². The van der Waals surface area contributed by atoms with E-state index in [9.17, 15) is 4.79 Å². The molecule has 2 aromatic carbocycles. The molecule has 1 aliphatic heterocycles. The van der Waals surface area contributed by atoms with Gasteiger partial charge in [0.2, 0.25) is 5.91 Å². The van der Waals surface area contributed by atoms with Crippen LogP contribution in [0.1, 0.15) is 31.2 Å². The van der Waals surface area contributed by atoms with E-state index < -0.39 is 0 Å². The van der Waals surface area contributed by atoms with Gasteiger partial charge < -0.3 is 14.8 Å². The number of ether oxygens (including phenoxy) is 2. The number of fused-ring (bicyclic) bond motifs is 1. The van der Waals surface area contributed by atoms with Crippen molar-refractivity contribution in [2.45, 2.75) is 31.7 Å². The molecule has 2 heterocycles. The number of carbonyl (C=O) groups excluding carboxylic acids is 1. The third-order valence-corrected chi connectivity index (χ3v) is 5.69. The minimum Gasteiger partial charge on any atom is -0.486 e. The van der Waals surface area contributed by atoms with Gasteiger partial charge in [0, 0.05) is 29.4 Å². The van der Waals surface area contributed by atoms with Crippen LogP contribution >= 0.6 is 0 Å². The van der Waals surface area contributed by atoms with Gasteiger partial charge >= 0.3 is 0 Å².